The molecule has 0 amide bonds. The molecule has 7 heteroatoms. The van der Waals surface area contributed by atoms with Crippen molar-refractivity contribution in [3.8, 4) is 0 Å². The lowest BCUT2D eigenvalue weighted by atomic mass is 9.79. The van der Waals surface area contributed by atoms with Gasteiger partial charge in [-0.25, -0.2) is 0 Å². The monoisotopic (exact) mass is 501 g/mol. The third-order valence-corrected chi connectivity index (χ3v) is 7.48. The highest BCUT2D eigenvalue weighted by Crippen LogP contribution is 2.32. The van der Waals surface area contributed by atoms with E-state index in [1.807, 2.05) is 0 Å². The quantitative estimate of drug-likeness (QED) is 0.268. The number of nitrogens with zero attached hydrogens (tertiary/aromatic N) is 3. The Morgan fingerprint density at radius 2 is 1.00 bits per heavy atom. The molecule has 2 aliphatic rings. The van der Waals surface area contributed by atoms with E-state index >= 15 is 0 Å². The molecule has 0 saturated carbocycles. The Morgan fingerprint density at radius 1 is 0.611 bits per heavy atom. The van der Waals surface area contributed by atoms with Gasteiger partial charge in [0, 0.05) is 40.7 Å². The maximum atomic E-state index is 4.90. The van der Waals surface area contributed by atoms with Gasteiger partial charge >= 0.3 is 0 Å². The molecule has 3 rings (SSSR count). The van der Waals surface area contributed by atoms with E-state index < -0.39 is 0 Å². The van der Waals surface area contributed by atoms with Gasteiger partial charge < -0.3 is 21.3 Å². The normalized spacial score (nSPS) is 23.4. The Morgan fingerprint density at radius 3 is 1.42 bits per heavy atom. The Balaban J connectivity index is 1.75. The van der Waals surface area contributed by atoms with Crippen LogP contribution in [-0.2, 0) is 6.42 Å². The van der Waals surface area contributed by atoms with E-state index in [9.17, 15) is 0 Å². The van der Waals surface area contributed by atoms with Crippen molar-refractivity contribution in [2.45, 2.75) is 167 Å². The molecule has 36 heavy (non-hydrogen) atoms. The molecule has 7 nitrogen and oxygen atoms in total. The largest absolute Gasteiger partial charge is 0.351 e. The van der Waals surface area contributed by atoms with Gasteiger partial charge in [0.1, 0.15) is 5.82 Å². The van der Waals surface area contributed by atoms with Crippen LogP contribution in [0.25, 0.3) is 0 Å². The lowest BCUT2D eigenvalue weighted by Crippen LogP contribution is -2.60. The summed E-state index contributed by atoms with van der Waals surface area (Å²) >= 11 is 0. The van der Waals surface area contributed by atoms with Crippen LogP contribution in [0.5, 0.6) is 0 Å². The molecule has 4 N–H and O–H groups in total. The number of hydrogen-bond acceptors (Lipinski definition) is 7. The summed E-state index contributed by atoms with van der Waals surface area (Å²) in [5.74, 6) is 2.35. The molecule has 0 bridgehead atoms. The second-order valence-corrected chi connectivity index (χ2v) is 14.2. The maximum absolute atomic E-state index is 4.90. The molecule has 2 saturated heterocycles. The fourth-order valence-electron chi connectivity index (χ4n) is 6.94. The topological polar surface area (TPSA) is 86.8 Å². The van der Waals surface area contributed by atoms with E-state index in [1.165, 1.54) is 32.1 Å². The number of hydrogen-bond donors (Lipinski definition) is 4. The highest BCUT2D eigenvalue weighted by Gasteiger charge is 2.39. The predicted molar refractivity (Wildman–Crippen MR) is 153 cm³/mol. The van der Waals surface area contributed by atoms with Crippen molar-refractivity contribution in [3.63, 3.8) is 0 Å². The van der Waals surface area contributed by atoms with E-state index in [0.29, 0.717) is 12.1 Å². The summed E-state index contributed by atoms with van der Waals surface area (Å²) in [6, 6.07) is 0.648. The Bertz CT molecular complexity index is 756. The van der Waals surface area contributed by atoms with Crippen LogP contribution in [0.4, 0.5) is 11.9 Å². The van der Waals surface area contributed by atoms with E-state index in [2.05, 4.69) is 83.6 Å². The van der Waals surface area contributed by atoms with Crippen LogP contribution in [0.1, 0.15) is 132 Å². The van der Waals surface area contributed by atoms with Crippen LogP contribution in [0, 0.1) is 0 Å². The van der Waals surface area contributed by atoms with Gasteiger partial charge in [-0.3, -0.25) is 0 Å². The summed E-state index contributed by atoms with van der Waals surface area (Å²) in [5.41, 5.74) is 0.282. The summed E-state index contributed by atoms with van der Waals surface area (Å²) in [6.07, 6.45) is 12.7. The molecule has 1 aromatic rings. The zero-order valence-corrected chi connectivity index (χ0v) is 24.8. The van der Waals surface area contributed by atoms with Crippen molar-refractivity contribution in [2.75, 3.05) is 10.6 Å². The smallest absolute Gasteiger partial charge is 0.227 e. The van der Waals surface area contributed by atoms with Gasteiger partial charge in [-0.2, -0.15) is 15.0 Å². The predicted octanol–water partition coefficient (Wildman–Crippen LogP) is 6.22. The number of aromatic nitrogens is 3. The van der Waals surface area contributed by atoms with Gasteiger partial charge in [-0.1, -0.05) is 39.0 Å². The van der Waals surface area contributed by atoms with Gasteiger partial charge in [-0.05, 0) is 87.5 Å². The molecular formula is C29H55N7. The minimum Gasteiger partial charge on any atom is -0.351 e. The average molecular weight is 502 g/mol. The molecule has 1 aromatic heterocycles. The first-order valence-corrected chi connectivity index (χ1v) is 14.5. The minimum absolute atomic E-state index is 0.0705. The van der Waals surface area contributed by atoms with E-state index in [4.69, 9.17) is 15.0 Å². The van der Waals surface area contributed by atoms with Crippen molar-refractivity contribution in [1.82, 2.24) is 25.6 Å². The third-order valence-electron chi connectivity index (χ3n) is 7.48. The average Bonchev–Trinajstić information content (AvgIpc) is 2.65. The standard InChI is InChI=1S/C29H55N7/c1-10-11-12-13-14-15-16-23-32-24(30-21-17-26(2,3)35-27(4,5)18-21)34-25(33-23)31-22-19-28(6,7)36-29(8,9)20-22/h21-22,35-36H,10-20H2,1-9H3,(H2,30,31,32,33,34). The zero-order valence-electron chi connectivity index (χ0n) is 24.8. The molecule has 0 aromatic carbocycles. The van der Waals surface area contributed by atoms with Gasteiger partial charge in [0.25, 0.3) is 0 Å². The molecule has 0 atom stereocenters. The molecular weight excluding hydrogens is 446 g/mol. The summed E-state index contributed by atoms with van der Waals surface area (Å²) < 4.78 is 0. The third kappa shape index (κ3) is 9.44. The molecule has 2 aliphatic heterocycles. The first kappa shape index (κ1) is 29.1. The van der Waals surface area contributed by atoms with E-state index in [-0.39, 0.29) is 22.2 Å². The maximum Gasteiger partial charge on any atom is 0.227 e. The summed E-state index contributed by atoms with van der Waals surface area (Å²) in [5, 5.41) is 15.0. The van der Waals surface area contributed by atoms with Crippen LogP contribution >= 0.6 is 0 Å². The van der Waals surface area contributed by atoms with Crippen molar-refractivity contribution >= 4 is 11.9 Å². The number of unbranched alkanes of at least 4 members (excludes halogenated alkanes) is 5. The lowest BCUT2D eigenvalue weighted by Gasteiger charge is -2.46. The molecule has 0 radical (unpaired) electrons. The summed E-state index contributed by atoms with van der Waals surface area (Å²) in [4.78, 5) is 14.7. The van der Waals surface area contributed by atoms with Gasteiger partial charge in [-0.15, -0.1) is 0 Å². The van der Waals surface area contributed by atoms with E-state index in [0.717, 1.165) is 56.2 Å². The van der Waals surface area contributed by atoms with Crippen LogP contribution in [0.3, 0.4) is 0 Å². The number of nitrogens with one attached hydrogen (secondary N) is 4. The fraction of sp³-hybridized carbons (Fsp3) is 0.897. The van der Waals surface area contributed by atoms with Crippen LogP contribution in [0.2, 0.25) is 0 Å². The Labute approximate surface area is 221 Å². The Hall–Kier alpha value is -1.47. The van der Waals surface area contributed by atoms with Crippen molar-refractivity contribution < 1.29 is 0 Å². The first-order chi connectivity index (χ1) is 16.7. The van der Waals surface area contributed by atoms with Crippen LogP contribution in [0.15, 0.2) is 0 Å². The van der Waals surface area contributed by atoms with Crippen molar-refractivity contribution in [3.05, 3.63) is 5.82 Å². The van der Waals surface area contributed by atoms with Gasteiger partial charge in [0.15, 0.2) is 0 Å². The van der Waals surface area contributed by atoms with Crippen LogP contribution in [-0.4, -0.2) is 49.2 Å². The highest BCUT2D eigenvalue weighted by atomic mass is 15.2. The molecule has 0 unspecified atom stereocenters. The molecule has 3 heterocycles. The van der Waals surface area contributed by atoms with Gasteiger partial charge in [0.2, 0.25) is 11.9 Å². The number of aryl methyl sites for hydroxylation is 1. The zero-order chi connectivity index (χ0) is 26.6. The SMILES string of the molecule is CCCCCCCCc1nc(NC2CC(C)(C)NC(C)(C)C2)nc(NC2CC(C)(C)NC(C)(C)C2)n1. The number of piperidine rings is 2. The first-order valence-electron chi connectivity index (χ1n) is 14.5. The summed E-state index contributed by atoms with van der Waals surface area (Å²) in [7, 11) is 0. The Kier molecular flexibility index (Phi) is 9.30. The molecule has 0 spiro atoms. The van der Waals surface area contributed by atoms with Crippen molar-refractivity contribution in [2.24, 2.45) is 0 Å². The number of rotatable bonds is 11. The molecule has 2 fully saturated rings. The fourth-order valence-corrected chi connectivity index (χ4v) is 6.94. The van der Waals surface area contributed by atoms with E-state index in [1.54, 1.807) is 0 Å². The lowest BCUT2D eigenvalue weighted by molar-refractivity contribution is 0.170. The minimum atomic E-state index is 0.0705. The number of anilines is 2. The van der Waals surface area contributed by atoms with Crippen LogP contribution < -0.4 is 21.3 Å². The second kappa shape index (κ2) is 11.5. The van der Waals surface area contributed by atoms with Crippen molar-refractivity contribution in [1.29, 1.82) is 0 Å². The molecule has 0 aliphatic carbocycles. The highest BCUT2D eigenvalue weighted by molar-refractivity contribution is 5.37. The second-order valence-electron chi connectivity index (χ2n) is 14.2. The molecule has 206 valence electrons. The van der Waals surface area contributed by atoms with Gasteiger partial charge in [0.05, 0.1) is 0 Å². The summed E-state index contributed by atoms with van der Waals surface area (Å²) in [6.45, 7) is 20.5.